The molecule has 2 saturated heterocycles. The van der Waals surface area contributed by atoms with Crippen molar-refractivity contribution in [1.29, 1.82) is 0 Å². The van der Waals surface area contributed by atoms with Crippen molar-refractivity contribution >= 4 is 58.2 Å². The van der Waals surface area contributed by atoms with Crippen LogP contribution in [0, 0.1) is 18.3 Å². The van der Waals surface area contributed by atoms with E-state index >= 15 is 0 Å². The molecule has 15 nitrogen and oxygen atoms in total. The van der Waals surface area contributed by atoms with E-state index in [4.69, 9.17) is 11.6 Å². The zero-order valence-corrected chi connectivity index (χ0v) is 47.8. The Balaban J connectivity index is 0.740. The number of aromatic nitrogens is 3. The van der Waals surface area contributed by atoms with Gasteiger partial charge >= 0.3 is 0 Å². The molecule has 2 aromatic carbocycles. The van der Waals surface area contributed by atoms with Crippen LogP contribution in [0.1, 0.15) is 189 Å². The van der Waals surface area contributed by atoms with Gasteiger partial charge in [0, 0.05) is 81.5 Å². The Labute approximate surface area is 465 Å². The smallest absolute Gasteiger partial charge is 0.243 e. The number of hydrogen-bond donors (Lipinski definition) is 4. The van der Waals surface area contributed by atoms with Crippen LogP contribution >= 0.6 is 22.9 Å². The summed E-state index contributed by atoms with van der Waals surface area (Å²) in [7, 11) is 0. The highest BCUT2D eigenvalue weighted by Crippen LogP contribution is 2.43. The number of rotatable bonds is 26. The van der Waals surface area contributed by atoms with Crippen LogP contribution in [0.3, 0.4) is 0 Å². The number of ketones is 1. The number of carbonyl (C=O) groups is 5. The van der Waals surface area contributed by atoms with Crippen LogP contribution in [0.2, 0.25) is 5.02 Å². The number of hydrogen-bond acceptors (Lipinski definition) is 12. The number of Topliss-reactive ketones (excluding diaryl/α,β-unsaturated/α-hetero) is 1. The third-order valence-corrected chi connectivity index (χ3v) is 17.2. The van der Waals surface area contributed by atoms with E-state index in [9.17, 15) is 34.2 Å². The average molecular weight is 1100 g/mol. The van der Waals surface area contributed by atoms with Crippen molar-refractivity contribution in [3.63, 3.8) is 0 Å². The third kappa shape index (κ3) is 16.2. The van der Waals surface area contributed by atoms with E-state index in [0.717, 1.165) is 109 Å². The summed E-state index contributed by atoms with van der Waals surface area (Å²) in [5, 5.41) is 28.0. The third-order valence-electron chi connectivity index (χ3n) is 16.0. The van der Waals surface area contributed by atoms with E-state index in [-0.39, 0.29) is 66.7 Å². The fourth-order valence-electron chi connectivity index (χ4n) is 11.4. The van der Waals surface area contributed by atoms with Gasteiger partial charge in [-0.2, -0.15) is 0 Å². The molecule has 1 aliphatic carbocycles. The number of aryl methyl sites for hydroxylation is 1. The number of halogens is 1. The van der Waals surface area contributed by atoms with Gasteiger partial charge in [-0.05, 0) is 86.1 Å². The predicted octanol–water partition coefficient (Wildman–Crippen LogP) is 10.2. The molecule has 0 spiro atoms. The van der Waals surface area contributed by atoms with Gasteiger partial charge < -0.3 is 35.5 Å². The van der Waals surface area contributed by atoms with Crippen LogP contribution < -0.4 is 15.5 Å². The van der Waals surface area contributed by atoms with Gasteiger partial charge in [-0.3, -0.25) is 24.0 Å². The monoisotopic (exact) mass is 1090 g/mol. The van der Waals surface area contributed by atoms with E-state index in [1.54, 1.807) is 11.3 Å². The number of benzene rings is 2. The van der Waals surface area contributed by atoms with Crippen LogP contribution in [0.5, 0.6) is 0 Å². The Hall–Kier alpha value is -5.29. The minimum Gasteiger partial charge on any atom is -0.391 e. The fourth-order valence-corrected chi connectivity index (χ4v) is 12.3. The molecular weight excluding hydrogens is 1010 g/mol. The number of amides is 4. The highest BCUT2D eigenvalue weighted by Gasteiger charge is 2.45. The first-order valence-electron chi connectivity index (χ1n) is 28.3. The molecule has 17 heteroatoms. The second-order valence-corrected chi connectivity index (χ2v) is 24.2. The second-order valence-electron chi connectivity index (χ2n) is 22.9. The summed E-state index contributed by atoms with van der Waals surface area (Å²) in [6.07, 6.45) is 11.9. The molecule has 3 aliphatic rings. The van der Waals surface area contributed by atoms with Gasteiger partial charge in [-0.25, -0.2) is 15.0 Å². The van der Waals surface area contributed by atoms with Gasteiger partial charge in [0.1, 0.15) is 24.0 Å². The first kappa shape index (κ1) is 59.4. The lowest BCUT2D eigenvalue weighted by atomic mass is 9.76. The number of carbonyl (C=O) groups excluding carboxylic acids is 5. The van der Waals surface area contributed by atoms with Crippen molar-refractivity contribution in [1.82, 2.24) is 35.4 Å². The topological polar surface area (TPSA) is 198 Å². The number of likely N-dealkylation sites (tertiary alicyclic amines) is 1. The number of aliphatic hydroxyl groups excluding tert-OH is 2. The van der Waals surface area contributed by atoms with Crippen molar-refractivity contribution < 1.29 is 34.2 Å². The number of piperazine rings is 1. The molecule has 0 unspecified atom stereocenters. The highest BCUT2D eigenvalue weighted by molar-refractivity contribution is 7.13. The standard InChI is InChI=1S/C60H83ClN8O7S/c1-39-33-51(72)54-53(39)56(64-37-63-54)67-29-31-68(32-30-67)58(75)48(43-24-26-45(61)27-25-43)18-15-16-28-62-52(73)19-14-12-10-8-7-9-11-13-17-46(70)34-49(60(4,5)6)59(76)69-36-47(71)35-50(69)57(74)66-40(2)42-20-22-44(23-21-42)55-41(3)65-38-77-55/h20-27,37-40,47-51,71-72H,7-19,28-36H2,1-6H3,(H,62,73)(H,66,74)/t39-,40+,47-,48-,49-,50+,51-/m1/s1. The van der Waals surface area contributed by atoms with Crippen LogP contribution in [0.25, 0.3) is 10.4 Å². The first-order valence-corrected chi connectivity index (χ1v) is 29.5. The minimum absolute atomic E-state index is 0.0435. The Morgan fingerprint density at radius 2 is 1.44 bits per heavy atom. The zero-order chi connectivity index (χ0) is 55.2. The van der Waals surface area contributed by atoms with Gasteiger partial charge in [-0.15, -0.1) is 11.3 Å². The summed E-state index contributed by atoms with van der Waals surface area (Å²) in [6, 6.07) is 14.4. The average Bonchev–Trinajstić information content (AvgIpc) is 4.15. The molecule has 2 aromatic heterocycles. The Morgan fingerprint density at radius 3 is 2.09 bits per heavy atom. The SMILES string of the molecule is Cc1ncsc1-c1ccc([C@H](C)NC(=O)[C@@H]2C[C@@H](O)CN2C(=O)[C@@H](CC(=O)CCCCCCCCCCC(=O)NCCCC[C@@H](C(=O)N2CCN(c3ncnc4c3[C@H](C)C[C@H]4O)CC2)c2ccc(Cl)cc2)C(C)(C)C)cc1. The molecule has 7 rings (SSSR count). The summed E-state index contributed by atoms with van der Waals surface area (Å²) < 4.78 is 0. The number of β-amino-alcohol motifs (C(OH)–C–C–N with tert-alkyl or cyclic N) is 1. The highest BCUT2D eigenvalue weighted by atomic mass is 35.5. The second kappa shape index (κ2) is 28.0. The molecule has 4 amide bonds. The number of thiazole rings is 1. The molecule has 77 heavy (non-hydrogen) atoms. The molecular formula is C60H83ClN8O7S. The lowest BCUT2D eigenvalue weighted by molar-refractivity contribution is -0.146. The summed E-state index contributed by atoms with van der Waals surface area (Å²) in [4.78, 5) is 88.1. The molecule has 4 aromatic rings. The number of fused-ring (bicyclic) bond motifs is 1. The Kier molecular flexibility index (Phi) is 21.6. The molecule has 4 heterocycles. The van der Waals surface area contributed by atoms with E-state index < -0.39 is 29.6 Å². The quantitative estimate of drug-likeness (QED) is 0.0437. The summed E-state index contributed by atoms with van der Waals surface area (Å²) in [5.74, 6) is -0.254. The minimum atomic E-state index is -0.822. The normalized spacial score (nSPS) is 19.7. The molecule has 418 valence electrons. The lowest BCUT2D eigenvalue weighted by Gasteiger charge is -2.38. The van der Waals surface area contributed by atoms with Crippen LogP contribution in [0.4, 0.5) is 5.82 Å². The number of nitrogens with one attached hydrogen (secondary N) is 2. The van der Waals surface area contributed by atoms with E-state index in [0.29, 0.717) is 63.4 Å². The zero-order valence-electron chi connectivity index (χ0n) is 46.3. The fraction of sp³-hybridized carbons (Fsp3) is 0.600. The van der Waals surface area contributed by atoms with Gasteiger partial charge in [0.2, 0.25) is 23.6 Å². The molecule has 7 atom stereocenters. The molecule has 0 radical (unpaired) electrons. The van der Waals surface area contributed by atoms with Gasteiger partial charge in [0.25, 0.3) is 0 Å². The molecule has 2 aliphatic heterocycles. The molecule has 2 fully saturated rings. The summed E-state index contributed by atoms with van der Waals surface area (Å²) in [5.41, 5.74) is 6.96. The number of aliphatic hydroxyl groups is 2. The molecule has 0 bridgehead atoms. The maximum Gasteiger partial charge on any atom is 0.243 e. The first-order chi connectivity index (χ1) is 36.9. The Bertz CT molecular complexity index is 2600. The number of unbranched alkanes of at least 4 members (excludes halogenated alkanes) is 8. The van der Waals surface area contributed by atoms with Gasteiger partial charge in [0.15, 0.2) is 0 Å². The predicted molar refractivity (Wildman–Crippen MR) is 304 cm³/mol. The van der Waals surface area contributed by atoms with Crippen molar-refractivity contribution in [3.05, 3.63) is 93.5 Å². The molecule has 0 saturated carbocycles. The lowest BCUT2D eigenvalue weighted by Crippen LogP contribution is -2.50. The van der Waals surface area contributed by atoms with Gasteiger partial charge in [-0.1, -0.05) is 121 Å². The van der Waals surface area contributed by atoms with E-state index in [1.807, 2.05) is 93.6 Å². The van der Waals surface area contributed by atoms with E-state index in [2.05, 4.69) is 37.4 Å². The van der Waals surface area contributed by atoms with Crippen molar-refractivity contribution in [2.45, 2.75) is 180 Å². The van der Waals surface area contributed by atoms with Crippen LogP contribution in [-0.4, -0.2) is 116 Å². The van der Waals surface area contributed by atoms with Crippen LogP contribution in [-0.2, 0) is 24.0 Å². The van der Waals surface area contributed by atoms with Crippen molar-refractivity contribution in [3.8, 4) is 10.4 Å². The van der Waals surface area contributed by atoms with E-state index in [1.165, 1.54) is 11.2 Å². The molecule has 4 N–H and O–H groups in total. The van der Waals surface area contributed by atoms with Crippen molar-refractivity contribution in [2.24, 2.45) is 11.3 Å². The maximum atomic E-state index is 14.2. The largest absolute Gasteiger partial charge is 0.391 e. The summed E-state index contributed by atoms with van der Waals surface area (Å²) >= 11 is 7.82. The Morgan fingerprint density at radius 1 is 0.792 bits per heavy atom. The van der Waals surface area contributed by atoms with Gasteiger partial charge in [0.05, 0.1) is 45.9 Å². The van der Waals surface area contributed by atoms with Crippen LogP contribution in [0.15, 0.2) is 60.4 Å². The number of nitrogens with zero attached hydrogens (tertiary/aromatic N) is 6. The summed E-state index contributed by atoms with van der Waals surface area (Å²) in [6.45, 7) is 14.9. The maximum absolute atomic E-state index is 14.2. The van der Waals surface area contributed by atoms with Crippen molar-refractivity contribution in [2.75, 3.05) is 44.2 Å². The number of anilines is 1.